The molecule has 1 unspecified atom stereocenters. The molecule has 0 radical (unpaired) electrons. The minimum absolute atomic E-state index is 0.405. The summed E-state index contributed by atoms with van der Waals surface area (Å²) < 4.78 is 2.66. The van der Waals surface area contributed by atoms with E-state index in [1.165, 1.54) is 0 Å². The van der Waals surface area contributed by atoms with E-state index in [9.17, 15) is 4.79 Å². The molecule has 1 atom stereocenters. The first kappa shape index (κ1) is 9.22. The molecule has 1 aromatic carbocycles. The van der Waals surface area contributed by atoms with Crippen LogP contribution in [0.25, 0.3) is 0 Å². The number of carbonyl (C=O) groups excluding carboxylic acids is 1. The van der Waals surface area contributed by atoms with Crippen molar-refractivity contribution >= 4 is 22.1 Å². The van der Waals surface area contributed by atoms with Crippen LogP contribution in [0.4, 0.5) is 0 Å². The monoisotopic (exact) mass is 228 g/mol. The maximum absolute atomic E-state index is 10.9. The van der Waals surface area contributed by atoms with Gasteiger partial charge in [0.15, 0.2) is 0 Å². The highest BCUT2D eigenvalue weighted by atomic mass is 79.9. The Bertz CT molecular complexity index is 263. The molecule has 3 N–H and O–H groups in total. The minimum Gasteiger partial charge on any atom is -0.368 e. The lowest BCUT2D eigenvalue weighted by Gasteiger charge is -2.10. The number of nitrogens with one attached hydrogen (secondary N) is 1. The van der Waals surface area contributed by atoms with Crippen LogP contribution in [0.3, 0.4) is 0 Å². The summed E-state index contributed by atoms with van der Waals surface area (Å²) in [6.07, 6.45) is 0. The highest BCUT2D eigenvalue weighted by Gasteiger charge is 2.14. The molecule has 0 aliphatic rings. The van der Waals surface area contributed by atoms with Gasteiger partial charge < -0.3 is 5.73 Å². The van der Waals surface area contributed by atoms with Crippen molar-refractivity contribution in [3.63, 3.8) is 0 Å². The van der Waals surface area contributed by atoms with Gasteiger partial charge in [-0.3, -0.25) is 4.79 Å². The fourth-order valence-electron chi connectivity index (χ4n) is 0.927. The van der Waals surface area contributed by atoms with Crippen LogP contribution in [0.15, 0.2) is 30.3 Å². The van der Waals surface area contributed by atoms with Crippen molar-refractivity contribution in [2.24, 2.45) is 5.73 Å². The van der Waals surface area contributed by atoms with Crippen molar-refractivity contribution in [1.82, 2.24) is 4.34 Å². The second-order valence-corrected chi connectivity index (χ2v) is 2.81. The van der Waals surface area contributed by atoms with Crippen LogP contribution in [0, 0.1) is 0 Å². The largest absolute Gasteiger partial charge is 0.368 e. The predicted molar refractivity (Wildman–Crippen MR) is 50.4 cm³/mol. The Morgan fingerprint density at radius 1 is 1.42 bits per heavy atom. The van der Waals surface area contributed by atoms with Gasteiger partial charge in [-0.2, -0.15) is 0 Å². The van der Waals surface area contributed by atoms with E-state index in [1.54, 1.807) is 0 Å². The molecule has 0 saturated heterocycles. The number of nitrogens with two attached hydrogens (primary N) is 1. The van der Waals surface area contributed by atoms with Crippen molar-refractivity contribution in [1.29, 1.82) is 0 Å². The van der Waals surface area contributed by atoms with Gasteiger partial charge in [0.05, 0.1) is 0 Å². The average Bonchev–Trinajstić information content (AvgIpc) is 2.07. The number of halogens is 1. The fraction of sp³-hybridized carbons (Fsp3) is 0.125. The first-order valence-corrected chi connectivity index (χ1v) is 4.25. The molecule has 1 amide bonds. The molecule has 0 aliphatic heterocycles. The number of hydrogen-bond donors (Lipinski definition) is 2. The van der Waals surface area contributed by atoms with E-state index in [4.69, 9.17) is 5.73 Å². The molecule has 0 aliphatic carbocycles. The average molecular weight is 229 g/mol. The van der Waals surface area contributed by atoms with Gasteiger partial charge in [-0.1, -0.05) is 30.3 Å². The Morgan fingerprint density at radius 3 is 2.42 bits per heavy atom. The summed E-state index contributed by atoms with van der Waals surface area (Å²) >= 11 is 3.00. The molecule has 0 aromatic heterocycles. The van der Waals surface area contributed by atoms with Crippen LogP contribution < -0.4 is 10.1 Å². The summed E-state index contributed by atoms with van der Waals surface area (Å²) in [5, 5.41) is 0. The van der Waals surface area contributed by atoms with E-state index < -0.39 is 11.9 Å². The zero-order valence-corrected chi connectivity index (χ0v) is 7.91. The molecule has 12 heavy (non-hydrogen) atoms. The SMILES string of the molecule is NC(=O)C(NBr)c1ccccc1. The van der Waals surface area contributed by atoms with Crippen molar-refractivity contribution in [2.45, 2.75) is 6.04 Å². The van der Waals surface area contributed by atoms with Crippen LogP contribution in [0.1, 0.15) is 11.6 Å². The lowest BCUT2D eigenvalue weighted by Crippen LogP contribution is -2.28. The third kappa shape index (κ3) is 2.06. The molecule has 1 aromatic rings. The van der Waals surface area contributed by atoms with Crippen LogP contribution >= 0.6 is 16.1 Å². The van der Waals surface area contributed by atoms with E-state index >= 15 is 0 Å². The molecule has 3 nitrogen and oxygen atoms in total. The zero-order valence-electron chi connectivity index (χ0n) is 6.33. The predicted octanol–water partition coefficient (Wildman–Crippen LogP) is 1.11. The molecule has 64 valence electrons. The van der Waals surface area contributed by atoms with E-state index in [-0.39, 0.29) is 0 Å². The maximum atomic E-state index is 10.9. The van der Waals surface area contributed by atoms with Gasteiger partial charge in [0, 0.05) is 16.1 Å². The number of rotatable bonds is 3. The minimum atomic E-state index is -0.466. The van der Waals surface area contributed by atoms with Crippen LogP contribution in [-0.4, -0.2) is 5.91 Å². The number of carbonyl (C=O) groups is 1. The van der Waals surface area contributed by atoms with E-state index in [0.29, 0.717) is 0 Å². The molecule has 4 heteroatoms. The van der Waals surface area contributed by atoms with Crippen LogP contribution in [-0.2, 0) is 4.79 Å². The van der Waals surface area contributed by atoms with Crippen molar-refractivity contribution in [2.75, 3.05) is 0 Å². The summed E-state index contributed by atoms with van der Waals surface area (Å²) in [6.45, 7) is 0. The van der Waals surface area contributed by atoms with Crippen molar-refractivity contribution < 1.29 is 4.79 Å². The first-order valence-electron chi connectivity index (χ1n) is 3.46. The van der Waals surface area contributed by atoms with Crippen molar-refractivity contribution in [3.05, 3.63) is 35.9 Å². The number of amides is 1. The van der Waals surface area contributed by atoms with E-state index in [2.05, 4.69) is 20.5 Å². The van der Waals surface area contributed by atoms with Gasteiger partial charge >= 0.3 is 0 Å². The summed E-state index contributed by atoms with van der Waals surface area (Å²) in [4.78, 5) is 10.9. The summed E-state index contributed by atoms with van der Waals surface area (Å²) in [5.41, 5.74) is 6.00. The first-order chi connectivity index (χ1) is 5.75. The molecule has 0 heterocycles. The van der Waals surface area contributed by atoms with Gasteiger partial charge in [0.25, 0.3) is 0 Å². The summed E-state index contributed by atoms with van der Waals surface area (Å²) in [7, 11) is 0. The van der Waals surface area contributed by atoms with Gasteiger partial charge in [-0.25, -0.2) is 4.34 Å². The van der Waals surface area contributed by atoms with Gasteiger partial charge in [0.2, 0.25) is 5.91 Å². The molecule has 1 rings (SSSR count). The Labute approximate surface area is 79.3 Å². The lowest BCUT2D eigenvalue weighted by molar-refractivity contribution is -0.119. The number of hydrogen-bond acceptors (Lipinski definition) is 2. The summed E-state index contributed by atoms with van der Waals surface area (Å²) in [5.74, 6) is -0.405. The van der Waals surface area contributed by atoms with Gasteiger partial charge in [-0.15, -0.1) is 0 Å². The van der Waals surface area contributed by atoms with Crippen LogP contribution in [0.5, 0.6) is 0 Å². The second-order valence-electron chi connectivity index (χ2n) is 2.36. The standard InChI is InChI=1S/C8H9BrN2O/c9-11-7(8(10)12)6-4-2-1-3-5-6/h1-5,7,11H,(H2,10,12). The highest BCUT2D eigenvalue weighted by molar-refractivity contribution is 9.08. The second kappa shape index (κ2) is 4.23. The molecule has 0 fully saturated rings. The quantitative estimate of drug-likeness (QED) is 0.763. The molecular formula is C8H9BrN2O. The van der Waals surface area contributed by atoms with E-state index in [1.807, 2.05) is 30.3 Å². The number of benzene rings is 1. The Hall–Kier alpha value is -0.870. The normalized spacial score (nSPS) is 12.4. The fourth-order valence-corrected chi connectivity index (χ4v) is 1.42. The van der Waals surface area contributed by atoms with Crippen LogP contribution in [0.2, 0.25) is 0 Å². The molecular weight excluding hydrogens is 220 g/mol. The van der Waals surface area contributed by atoms with E-state index in [0.717, 1.165) is 5.56 Å². The lowest BCUT2D eigenvalue weighted by atomic mass is 10.1. The topological polar surface area (TPSA) is 55.1 Å². The Balaban J connectivity index is 2.88. The third-order valence-electron chi connectivity index (χ3n) is 1.53. The van der Waals surface area contributed by atoms with Crippen molar-refractivity contribution in [3.8, 4) is 0 Å². The zero-order chi connectivity index (χ0) is 8.97. The Morgan fingerprint density at radius 2 is 2.00 bits per heavy atom. The number of primary amides is 1. The summed E-state index contributed by atoms with van der Waals surface area (Å²) in [6, 6.07) is 8.81. The highest BCUT2D eigenvalue weighted by Crippen LogP contribution is 2.12. The molecule has 0 bridgehead atoms. The maximum Gasteiger partial charge on any atom is 0.239 e. The third-order valence-corrected chi connectivity index (χ3v) is 1.98. The molecule has 0 saturated carbocycles. The molecule has 0 spiro atoms. The van der Waals surface area contributed by atoms with Gasteiger partial charge in [0.1, 0.15) is 6.04 Å². The Kier molecular flexibility index (Phi) is 3.25. The van der Waals surface area contributed by atoms with Gasteiger partial charge in [-0.05, 0) is 5.56 Å². The smallest absolute Gasteiger partial charge is 0.239 e.